The van der Waals surface area contributed by atoms with Crippen molar-refractivity contribution in [1.29, 1.82) is 0 Å². The molecule has 128 valence electrons. The lowest BCUT2D eigenvalue weighted by molar-refractivity contribution is -0.133. The molecule has 0 amide bonds. The summed E-state index contributed by atoms with van der Waals surface area (Å²) in [5, 5.41) is 0. The Morgan fingerprint density at radius 3 is 2.79 bits per heavy atom. The van der Waals surface area contributed by atoms with Gasteiger partial charge in [0.2, 0.25) is 0 Å². The molecule has 2 heteroatoms. The van der Waals surface area contributed by atoms with E-state index in [0.29, 0.717) is 29.5 Å². The number of hydrogen-bond acceptors (Lipinski definition) is 2. The van der Waals surface area contributed by atoms with E-state index in [2.05, 4.69) is 26.5 Å². The summed E-state index contributed by atoms with van der Waals surface area (Å²) < 4.78 is 0. The highest BCUT2D eigenvalue weighted by Crippen LogP contribution is 2.65. The minimum atomic E-state index is -0.105. The molecule has 24 heavy (non-hydrogen) atoms. The summed E-state index contributed by atoms with van der Waals surface area (Å²) in [5.41, 5.74) is 1.21. The van der Waals surface area contributed by atoms with Gasteiger partial charge in [-0.25, -0.2) is 0 Å². The number of carbonyl (C=O) groups excluding carboxylic acids is 2. The molecule has 0 aromatic heterocycles. The van der Waals surface area contributed by atoms with Gasteiger partial charge in [0, 0.05) is 17.3 Å². The summed E-state index contributed by atoms with van der Waals surface area (Å²) in [6, 6.07) is 0. The van der Waals surface area contributed by atoms with Crippen LogP contribution in [0.3, 0.4) is 0 Å². The number of allylic oxidation sites excluding steroid dienone is 5. The second kappa shape index (κ2) is 5.28. The van der Waals surface area contributed by atoms with Gasteiger partial charge in [-0.1, -0.05) is 31.6 Å². The summed E-state index contributed by atoms with van der Waals surface area (Å²) in [7, 11) is 0. The molecule has 4 aliphatic carbocycles. The SMILES string of the molecule is C=CC[C@@H]1CC2=CC(=O)C=C[C@]2(C)C2CC[C@]3(C)C(=O)CCC3C21. The van der Waals surface area contributed by atoms with Crippen LogP contribution in [0.25, 0.3) is 0 Å². The van der Waals surface area contributed by atoms with Gasteiger partial charge < -0.3 is 0 Å². The van der Waals surface area contributed by atoms with Crippen LogP contribution in [-0.2, 0) is 9.59 Å². The molecule has 0 spiro atoms. The fraction of sp³-hybridized carbons (Fsp3) is 0.636. The minimum Gasteiger partial charge on any atom is -0.299 e. The quantitative estimate of drug-likeness (QED) is 0.692. The van der Waals surface area contributed by atoms with Crippen molar-refractivity contribution in [3.63, 3.8) is 0 Å². The maximum atomic E-state index is 12.6. The molecule has 4 aliphatic rings. The molecule has 3 fully saturated rings. The first kappa shape index (κ1) is 16.1. The minimum absolute atomic E-state index is 0.00319. The lowest BCUT2D eigenvalue weighted by Crippen LogP contribution is -2.52. The zero-order valence-corrected chi connectivity index (χ0v) is 14.9. The van der Waals surface area contributed by atoms with Crippen molar-refractivity contribution in [2.45, 2.75) is 52.4 Å². The lowest BCUT2D eigenvalue weighted by atomic mass is 9.45. The van der Waals surface area contributed by atoms with Crippen LogP contribution in [0, 0.1) is 34.5 Å². The van der Waals surface area contributed by atoms with Crippen LogP contribution >= 0.6 is 0 Å². The summed E-state index contributed by atoms with van der Waals surface area (Å²) in [6.07, 6.45) is 13.8. The molecule has 4 rings (SSSR count). The fourth-order valence-corrected chi connectivity index (χ4v) is 6.58. The molecule has 0 aromatic carbocycles. The van der Waals surface area contributed by atoms with Crippen molar-refractivity contribution in [2.75, 3.05) is 0 Å². The van der Waals surface area contributed by atoms with Gasteiger partial charge >= 0.3 is 0 Å². The van der Waals surface area contributed by atoms with Crippen LogP contribution in [0.4, 0.5) is 0 Å². The fourth-order valence-electron chi connectivity index (χ4n) is 6.58. The molecular formula is C22H28O2. The molecule has 0 bridgehead atoms. The largest absolute Gasteiger partial charge is 0.299 e. The van der Waals surface area contributed by atoms with E-state index in [1.807, 2.05) is 12.2 Å². The van der Waals surface area contributed by atoms with E-state index in [4.69, 9.17) is 0 Å². The molecule has 3 saturated carbocycles. The maximum absolute atomic E-state index is 12.6. The van der Waals surface area contributed by atoms with Gasteiger partial charge in [-0.05, 0) is 67.9 Å². The third kappa shape index (κ3) is 2.01. The summed E-state index contributed by atoms with van der Waals surface area (Å²) in [5.74, 6) is 2.79. The Balaban J connectivity index is 1.78. The Morgan fingerprint density at radius 1 is 1.25 bits per heavy atom. The first-order valence-electron chi connectivity index (χ1n) is 9.48. The van der Waals surface area contributed by atoms with Crippen molar-refractivity contribution in [3.8, 4) is 0 Å². The van der Waals surface area contributed by atoms with Crippen molar-refractivity contribution in [3.05, 3.63) is 36.5 Å². The van der Waals surface area contributed by atoms with Gasteiger partial charge in [-0.2, -0.15) is 0 Å². The van der Waals surface area contributed by atoms with Crippen LogP contribution in [0.15, 0.2) is 36.5 Å². The first-order chi connectivity index (χ1) is 11.4. The van der Waals surface area contributed by atoms with Gasteiger partial charge in [0.05, 0.1) is 0 Å². The van der Waals surface area contributed by atoms with E-state index < -0.39 is 0 Å². The number of Topliss-reactive ketones (excluding diaryl/α,β-unsaturated/α-hetero) is 1. The van der Waals surface area contributed by atoms with E-state index in [1.54, 1.807) is 6.08 Å². The third-order valence-electron chi connectivity index (χ3n) is 7.91. The predicted octanol–water partition coefficient (Wildman–Crippen LogP) is 4.67. The summed E-state index contributed by atoms with van der Waals surface area (Å²) in [4.78, 5) is 24.5. The second-order valence-corrected chi connectivity index (χ2v) is 8.88. The predicted molar refractivity (Wildman–Crippen MR) is 95.3 cm³/mol. The smallest absolute Gasteiger partial charge is 0.178 e. The average Bonchev–Trinajstić information content (AvgIpc) is 2.85. The van der Waals surface area contributed by atoms with Gasteiger partial charge in [0.1, 0.15) is 5.78 Å². The maximum Gasteiger partial charge on any atom is 0.178 e. The van der Waals surface area contributed by atoms with E-state index in [1.165, 1.54) is 5.57 Å². The molecule has 2 nitrogen and oxygen atoms in total. The lowest BCUT2D eigenvalue weighted by Gasteiger charge is -2.58. The van der Waals surface area contributed by atoms with Gasteiger partial charge in [-0.3, -0.25) is 9.59 Å². The van der Waals surface area contributed by atoms with E-state index in [0.717, 1.165) is 38.5 Å². The Labute approximate surface area is 145 Å². The topological polar surface area (TPSA) is 34.1 Å². The van der Waals surface area contributed by atoms with Crippen LogP contribution in [0.5, 0.6) is 0 Å². The standard InChI is InChI=1S/C22H28O2/c1-4-5-14-12-15-13-16(23)8-10-21(15,2)18-9-11-22(3)17(20(14)18)6-7-19(22)24/h4,8,10,13-14,17-18,20H,1,5-7,9,11-12H2,2-3H3/t14-,17?,18?,20?,21+,22+/m1/s1. The number of hydrogen-bond donors (Lipinski definition) is 0. The molecule has 0 radical (unpaired) electrons. The highest BCUT2D eigenvalue weighted by Gasteiger charge is 2.60. The van der Waals surface area contributed by atoms with Crippen molar-refractivity contribution < 1.29 is 9.59 Å². The third-order valence-corrected chi connectivity index (χ3v) is 7.91. The van der Waals surface area contributed by atoms with E-state index >= 15 is 0 Å². The monoisotopic (exact) mass is 324 g/mol. The Morgan fingerprint density at radius 2 is 2.04 bits per heavy atom. The summed E-state index contributed by atoms with van der Waals surface area (Å²) >= 11 is 0. The Kier molecular flexibility index (Phi) is 3.53. The van der Waals surface area contributed by atoms with Gasteiger partial charge in [0.25, 0.3) is 0 Å². The van der Waals surface area contributed by atoms with Crippen LogP contribution < -0.4 is 0 Å². The highest BCUT2D eigenvalue weighted by atomic mass is 16.1. The zero-order chi connectivity index (χ0) is 17.1. The number of ketones is 2. The van der Waals surface area contributed by atoms with Crippen LogP contribution in [0.1, 0.15) is 52.4 Å². The number of rotatable bonds is 2. The van der Waals surface area contributed by atoms with Crippen molar-refractivity contribution in [1.82, 2.24) is 0 Å². The zero-order valence-electron chi connectivity index (χ0n) is 14.9. The molecule has 3 unspecified atom stereocenters. The Bertz CT molecular complexity index is 669. The molecule has 0 heterocycles. The van der Waals surface area contributed by atoms with E-state index in [9.17, 15) is 9.59 Å². The molecule has 0 saturated heterocycles. The summed E-state index contributed by atoms with van der Waals surface area (Å²) in [6.45, 7) is 8.53. The Hall–Kier alpha value is -1.44. The average molecular weight is 324 g/mol. The highest BCUT2D eigenvalue weighted by molar-refractivity contribution is 6.01. The van der Waals surface area contributed by atoms with E-state index in [-0.39, 0.29) is 16.6 Å². The molecule has 0 N–H and O–H groups in total. The normalized spacial score (nSPS) is 46.8. The second-order valence-electron chi connectivity index (χ2n) is 8.88. The van der Waals surface area contributed by atoms with Gasteiger partial charge in [0.15, 0.2) is 5.78 Å². The van der Waals surface area contributed by atoms with Gasteiger partial charge in [-0.15, -0.1) is 6.58 Å². The van der Waals surface area contributed by atoms with Crippen LogP contribution in [-0.4, -0.2) is 11.6 Å². The first-order valence-corrected chi connectivity index (χ1v) is 9.48. The van der Waals surface area contributed by atoms with Crippen molar-refractivity contribution in [2.24, 2.45) is 34.5 Å². The number of carbonyl (C=O) groups is 2. The van der Waals surface area contributed by atoms with Crippen LogP contribution in [0.2, 0.25) is 0 Å². The molecule has 0 aromatic rings. The molecular weight excluding hydrogens is 296 g/mol. The molecule has 6 atom stereocenters. The van der Waals surface area contributed by atoms with Crippen molar-refractivity contribution >= 4 is 11.6 Å². The number of fused-ring (bicyclic) bond motifs is 5. The molecule has 0 aliphatic heterocycles.